The molecule has 0 fully saturated rings. The van der Waals surface area contributed by atoms with E-state index in [0.717, 1.165) is 0 Å². The largest absolute Gasteiger partial charge is 0.356 e. The summed E-state index contributed by atoms with van der Waals surface area (Å²) in [5, 5.41) is 8.34. The normalized spacial score (nSPS) is 9.09. The molecule has 1 rings (SSSR count). The molecule has 0 radical (unpaired) electrons. The Morgan fingerprint density at radius 2 is 2.45 bits per heavy atom. The molecule has 1 aromatic heterocycles. The number of hydrogen-bond acceptors (Lipinski definition) is 2. The summed E-state index contributed by atoms with van der Waals surface area (Å²) in [6, 6.07) is 3.32. The van der Waals surface area contributed by atoms with E-state index in [1.807, 2.05) is 6.07 Å². The van der Waals surface area contributed by atoms with Crippen LogP contribution in [0.1, 0.15) is 5.56 Å². The molecule has 0 saturated heterocycles. The molecule has 1 heterocycles. The van der Waals surface area contributed by atoms with E-state index < -0.39 is 0 Å². The second-order valence-corrected chi connectivity index (χ2v) is 2.76. The summed E-state index contributed by atoms with van der Waals surface area (Å²) >= 11 is 3.14. The number of nitriles is 1. The molecule has 1 N–H and O–H groups in total. The van der Waals surface area contributed by atoms with Gasteiger partial charge in [-0.1, -0.05) is 0 Å². The van der Waals surface area contributed by atoms with Crippen LogP contribution in [-0.2, 0) is 6.42 Å². The number of hydrogen-bond donors (Lipinski definition) is 1. The van der Waals surface area contributed by atoms with Crippen LogP contribution in [0.4, 0.5) is 0 Å². The van der Waals surface area contributed by atoms with Crippen molar-refractivity contribution in [2.45, 2.75) is 6.42 Å². The standard InChI is InChI=1S/C7H5BrN2O/c8-7-5(1-3-9)6(11)2-4-10-7/h2,4H,1H2,(H,10,11). The Balaban J connectivity index is 3.24. The topological polar surface area (TPSA) is 56.6 Å². The van der Waals surface area contributed by atoms with Crippen LogP contribution in [0.5, 0.6) is 0 Å². The lowest BCUT2D eigenvalue weighted by Crippen LogP contribution is -2.07. The molecular formula is C7H5BrN2O. The van der Waals surface area contributed by atoms with Crippen molar-refractivity contribution in [2.24, 2.45) is 0 Å². The monoisotopic (exact) mass is 212 g/mol. The second-order valence-electron chi connectivity index (χ2n) is 1.97. The molecule has 11 heavy (non-hydrogen) atoms. The van der Waals surface area contributed by atoms with Crippen molar-refractivity contribution in [2.75, 3.05) is 0 Å². The second kappa shape index (κ2) is 3.35. The van der Waals surface area contributed by atoms with Crippen LogP contribution in [0.15, 0.2) is 21.7 Å². The van der Waals surface area contributed by atoms with Gasteiger partial charge >= 0.3 is 0 Å². The summed E-state index contributed by atoms with van der Waals surface area (Å²) in [6.45, 7) is 0. The zero-order valence-corrected chi connectivity index (χ0v) is 7.18. The Hall–Kier alpha value is -1.08. The number of H-pyrrole nitrogens is 1. The fraction of sp³-hybridized carbons (Fsp3) is 0.143. The Labute approximate surface area is 71.8 Å². The Kier molecular flexibility index (Phi) is 2.44. The van der Waals surface area contributed by atoms with E-state index in [9.17, 15) is 4.79 Å². The highest BCUT2D eigenvalue weighted by Crippen LogP contribution is 2.07. The number of nitrogens with zero attached hydrogens (tertiary/aromatic N) is 1. The number of pyridine rings is 1. The molecular weight excluding hydrogens is 208 g/mol. The van der Waals surface area contributed by atoms with Gasteiger partial charge in [-0.2, -0.15) is 5.26 Å². The Morgan fingerprint density at radius 3 is 3.00 bits per heavy atom. The van der Waals surface area contributed by atoms with Crippen molar-refractivity contribution < 1.29 is 0 Å². The minimum absolute atomic E-state index is 0.114. The number of aromatic amines is 1. The molecule has 0 saturated carbocycles. The molecule has 0 aliphatic rings. The smallest absolute Gasteiger partial charge is 0.186 e. The van der Waals surface area contributed by atoms with Crippen LogP contribution in [0.3, 0.4) is 0 Å². The van der Waals surface area contributed by atoms with E-state index in [1.54, 1.807) is 0 Å². The average Bonchev–Trinajstić information content (AvgIpc) is 1.97. The van der Waals surface area contributed by atoms with Crippen molar-refractivity contribution in [1.82, 2.24) is 4.98 Å². The lowest BCUT2D eigenvalue weighted by atomic mass is 10.2. The molecule has 0 amide bonds. The highest BCUT2D eigenvalue weighted by Gasteiger charge is 2.01. The molecule has 0 aromatic carbocycles. The lowest BCUT2D eigenvalue weighted by Gasteiger charge is -1.95. The number of nitrogens with one attached hydrogen (secondary N) is 1. The van der Waals surface area contributed by atoms with E-state index in [2.05, 4.69) is 20.9 Å². The van der Waals surface area contributed by atoms with Gasteiger partial charge < -0.3 is 4.98 Å². The molecule has 0 aliphatic heterocycles. The summed E-state index contributed by atoms with van der Waals surface area (Å²) in [5.41, 5.74) is 0.368. The summed E-state index contributed by atoms with van der Waals surface area (Å²) in [7, 11) is 0. The van der Waals surface area contributed by atoms with Gasteiger partial charge in [-0.3, -0.25) is 4.79 Å². The highest BCUT2D eigenvalue weighted by molar-refractivity contribution is 9.10. The van der Waals surface area contributed by atoms with E-state index in [4.69, 9.17) is 5.26 Å². The first kappa shape index (κ1) is 8.02. The maximum atomic E-state index is 11.0. The fourth-order valence-corrected chi connectivity index (χ4v) is 1.20. The highest BCUT2D eigenvalue weighted by atomic mass is 79.9. The molecule has 0 unspecified atom stereocenters. The third-order valence-corrected chi connectivity index (χ3v) is 1.97. The first-order valence-electron chi connectivity index (χ1n) is 2.98. The van der Waals surface area contributed by atoms with Crippen molar-refractivity contribution in [1.29, 1.82) is 5.26 Å². The average molecular weight is 213 g/mol. The van der Waals surface area contributed by atoms with Crippen molar-refractivity contribution in [3.8, 4) is 6.07 Å². The number of aromatic nitrogens is 1. The van der Waals surface area contributed by atoms with Crippen LogP contribution in [-0.4, -0.2) is 4.98 Å². The quantitative estimate of drug-likeness (QED) is 0.712. The van der Waals surface area contributed by atoms with Gasteiger partial charge in [0.2, 0.25) is 0 Å². The van der Waals surface area contributed by atoms with Gasteiger partial charge in [0.05, 0.1) is 17.1 Å². The van der Waals surface area contributed by atoms with Gasteiger partial charge in [-0.25, -0.2) is 0 Å². The minimum atomic E-state index is -0.114. The van der Waals surface area contributed by atoms with Gasteiger partial charge in [0, 0.05) is 17.8 Å². The van der Waals surface area contributed by atoms with E-state index >= 15 is 0 Å². The summed E-state index contributed by atoms with van der Waals surface area (Å²) in [5.74, 6) is 0. The third kappa shape index (κ3) is 1.69. The van der Waals surface area contributed by atoms with E-state index in [0.29, 0.717) is 10.2 Å². The van der Waals surface area contributed by atoms with Crippen molar-refractivity contribution in [3.63, 3.8) is 0 Å². The predicted molar refractivity (Wildman–Crippen MR) is 44.1 cm³/mol. The first-order chi connectivity index (χ1) is 5.25. The van der Waals surface area contributed by atoms with E-state index in [1.165, 1.54) is 12.3 Å². The zero-order chi connectivity index (χ0) is 8.27. The summed E-state index contributed by atoms with van der Waals surface area (Å²) in [6.07, 6.45) is 1.67. The number of rotatable bonds is 1. The first-order valence-corrected chi connectivity index (χ1v) is 3.78. The van der Waals surface area contributed by atoms with Gasteiger partial charge in [0.25, 0.3) is 0 Å². The molecule has 1 aromatic rings. The summed E-state index contributed by atoms with van der Waals surface area (Å²) in [4.78, 5) is 13.8. The predicted octanol–water partition coefficient (Wildman–Crippen LogP) is 1.20. The van der Waals surface area contributed by atoms with Gasteiger partial charge in [-0.15, -0.1) is 0 Å². The Bertz CT molecular complexity index is 350. The third-order valence-electron chi connectivity index (χ3n) is 1.26. The van der Waals surface area contributed by atoms with Crippen LogP contribution >= 0.6 is 15.9 Å². The molecule has 4 heteroatoms. The maximum Gasteiger partial charge on any atom is 0.186 e. The SMILES string of the molecule is N#CCc1c(Br)[nH]ccc1=O. The molecule has 0 spiro atoms. The van der Waals surface area contributed by atoms with E-state index in [-0.39, 0.29) is 11.8 Å². The van der Waals surface area contributed by atoms with Crippen molar-refractivity contribution in [3.05, 3.63) is 32.7 Å². The van der Waals surface area contributed by atoms with Crippen LogP contribution in [0.2, 0.25) is 0 Å². The van der Waals surface area contributed by atoms with Crippen LogP contribution in [0.25, 0.3) is 0 Å². The minimum Gasteiger partial charge on any atom is -0.356 e. The molecule has 3 nitrogen and oxygen atoms in total. The molecule has 0 atom stereocenters. The fourth-order valence-electron chi connectivity index (χ4n) is 0.730. The zero-order valence-electron chi connectivity index (χ0n) is 5.60. The van der Waals surface area contributed by atoms with Crippen LogP contribution in [0, 0.1) is 11.3 Å². The van der Waals surface area contributed by atoms with Crippen molar-refractivity contribution >= 4 is 15.9 Å². The maximum absolute atomic E-state index is 11.0. The Morgan fingerprint density at radius 1 is 1.73 bits per heavy atom. The van der Waals surface area contributed by atoms with Crippen LogP contribution < -0.4 is 5.43 Å². The molecule has 0 bridgehead atoms. The van der Waals surface area contributed by atoms with Gasteiger partial charge in [0.15, 0.2) is 5.43 Å². The van der Waals surface area contributed by atoms with Gasteiger partial charge in [0.1, 0.15) is 0 Å². The number of halogens is 1. The lowest BCUT2D eigenvalue weighted by molar-refractivity contribution is 1.13. The molecule has 0 aliphatic carbocycles. The van der Waals surface area contributed by atoms with Gasteiger partial charge in [-0.05, 0) is 15.9 Å². The summed E-state index contributed by atoms with van der Waals surface area (Å²) < 4.78 is 0.589. The molecule has 56 valence electrons.